The number of aromatic amines is 1. The summed E-state index contributed by atoms with van der Waals surface area (Å²) in [4.78, 5) is 35.0. The van der Waals surface area contributed by atoms with Gasteiger partial charge in [-0.15, -0.1) is 0 Å². The van der Waals surface area contributed by atoms with Crippen molar-refractivity contribution >= 4 is 17.7 Å². The first-order chi connectivity index (χ1) is 14.8. The minimum atomic E-state index is -1.62. The van der Waals surface area contributed by atoms with Gasteiger partial charge < -0.3 is 15.5 Å². The number of benzene rings is 2. The van der Waals surface area contributed by atoms with Crippen LogP contribution < -0.4 is 5.32 Å². The van der Waals surface area contributed by atoms with Crippen LogP contribution in [-0.2, 0) is 11.2 Å². The second-order valence-electron chi connectivity index (χ2n) is 7.25. The highest BCUT2D eigenvalue weighted by atomic mass is 16.4. The molecule has 3 rings (SSSR count). The Morgan fingerprint density at radius 3 is 2.26 bits per heavy atom. The fourth-order valence-corrected chi connectivity index (χ4v) is 3.19. The fourth-order valence-electron chi connectivity index (χ4n) is 3.19. The quantitative estimate of drug-likeness (QED) is 0.392. The van der Waals surface area contributed by atoms with Gasteiger partial charge in [-0.05, 0) is 29.2 Å². The van der Waals surface area contributed by atoms with E-state index in [-0.39, 0.29) is 23.6 Å². The second kappa shape index (κ2) is 9.82. The van der Waals surface area contributed by atoms with Crippen LogP contribution in [0, 0.1) is 0 Å². The highest BCUT2D eigenvalue weighted by Crippen LogP contribution is 2.20. The predicted octanol–water partition coefficient (Wildman–Crippen LogP) is 2.46. The van der Waals surface area contributed by atoms with Crippen molar-refractivity contribution in [3.05, 3.63) is 77.6 Å². The van der Waals surface area contributed by atoms with Crippen LogP contribution in [0.25, 0.3) is 11.1 Å². The molecule has 2 aromatic carbocycles. The van der Waals surface area contributed by atoms with Crippen LogP contribution in [0.15, 0.2) is 60.7 Å². The van der Waals surface area contributed by atoms with Crippen molar-refractivity contribution in [1.29, 1.82) is 0 Å². The van der Waals surface area contributed by atoms with Gasteiger partial charge in [-0.2, -0.15) is 5.10 Å². The molecule has 4 N–H and O–H groups in total. The molecule has 160 valence electrons. The lowest BCUT2D eigenvalue weighted by Crippen LogP contribution is -2.40. The van der Waals surface area contributed by atoms with Gasteiger partial charge in [-0.3, -0.25) is 14.7 Å². The third kappa shape index (κ3) is 5.86. The van der Waals surface area contributed by atoms with Crippen molar-refractivity contribution in [2.24, 2.45) is 0 Å². The molecule has 0 aliphatic carbocycles. The van der Waals surface area contributed by atoms with Crippen LogP contribution in [-0.4, -0.2) is 50.2 Å². The smallest absolute Gasteiger partial charge is 0.332 e. The fraction of sp³-hybridized carbons (Fsp3) is 0.217. The number of Topliss-reactive ketones (excluding diaryl/α,β-unsaturated/α-hetero) is 1. The van der Waals surface area contributed by atoms with Gasteiger partial charge in [-0.1, -0.05) is 54.6 Å². The molecule has 0 aliphatic rings. The number of amides is 1. The number of ketones is 1. The van der Waals surface area contributed by atoms with E-state index in [1.54, 1.807) is 0 Å². The van der Waals surface area contributed by atoms with Crippen molar-refractivity contribution in [2.75, 3.05) is 0 Å². The first-order valence-corrected chi connectivity index (χ1v) is 9.76. The Kier molecular flexibility index (Phi) is 6.94. The van der Waals surface area contributed by atoms with Gasteiger partial charge in [0.05, 0.1) is 0 Å². The molecular formula is C23H23N3O5. The maximum absolute atomic E-state index is 12.5. The number of aliphatic hydroxyl groups excluding tert-OH is 1. The van der Waals surface area contributed by atoms with Gasteiger partial charge >= 0.3 is 5.97 Å². The molecule has 0 radical (unpaired) electrons. The number of carbonyl (C=O) groups excluding carboxylic acids is 2. The minimum Gasteiger partial charge on any atom is -0.479 e. The van der Waals surface area contributed by atoms with Crippen molar-refractivity contribution in [3.8, 4) is 11.1 Å². The Bertz CT molecular complexity index is 1060. The third-order valence-corrected chi connectivity index (χ3v) is 4.85. The third-order valence-electron chi connectivity index (χ3n) is 4.85. The van der Waals surface area contributed by atoms with E-state index in [0.29, 0.717) is 6.42 Å². The van der Waals surface area contributed by atoms with E-state index in [1.165, 1.54) is 13.0 Å². The Balaban J connectivity index is 1.74. The number of carboxylic acid groups (broad SMARTS) is 1. The summed E-state index contributed by atoms with van der Waals surface area (Å²) in [6.07, 6.45) is -1.47. The molecule has 1 heterocycles. The van der Waals surface area contributed by atoms with E-state index in [4.69, 9.17) is 5.11 Å². The lowest BCUT2D eigenvalue weighted by Gasteiger charge is -2.20. The number of aromatic nitrogens is 2. The number of rotatable bonds is 9. The minimum absolute atomic E-state index is 0.0828. The van der Waals surface area contributed by atoms with Gasteiger partial charge in [0.2, 0.25) is 0 Å². The van der Waals surface area contributed by atoms with E-state index < -0.39 is 24.0 Å². The summed E-state index contributed by atoms with van der Waals surface area (Å²) in [6, 6.07) is 18.2. The van der Waals surface area contributed by atoms with Crippen molar-refractivity contribution in [3.63, 3.8) is 0 Å². The molecule has 1 unspecified atom stereocenters. The van der Waals surface area contributed by atoms with Crippen LogP contribution >= 0.6 is 0 Å². The number of nitrogens with zero attached hydrogens (tertiary/aromatic N) is 1. The summed E-state index contributed by atoms with van der Waals surface area (Å²) in [5.41, 5.74) is 3.19. The van der Waals surface area contributed by atoms with E-state index in [0.717, 1.165) is 16.7 Å². The number of H-pyrrole nitrogens is 1. The van der Waals surface area contributed by atoms with Crippen LogP contribution in [0.5, 0.6) is 0 Å². The standard InChI is InChI=1S/C23H23N3O5/c1-14(27)19-13-20(26-25-19)22(29)24-18(12-21(28)23(30)31)11-15-7-9-17(10-8-15)16-5-3-2-4-6-16/h2-10,13,18,21,28H,11-12H2,1H3,(H,24,29)(H,25,26)(H,30,31)/t18-,21?/m1/s1. The topological polar surface area (TPSA) is 132 Å². The van der Waals surface area contributed by atoms with Crippen LogP contribution in [0.4, 0.5) is 0 Å². The molecule has 3 aromatic rings. The SMILES string of the molecule is CC(=O)c1cc(C(=O)N[C@H](Cc2ccc(-c3ccccc3)cc2)CC(O)C(=O)O)[nH]n1. The monoisotopic (exact) mass is 421 g/mol. The van der Waals surface area contributed by atoms with Crippen molar-refractivity contribution in [2.45, 2.75) is 31.9 Å². The number of carboxylic acids is 1. The Morgan fingerprint density at radius 2 is 1.68 bits per heavy atom. The van der Waals surface area contributed by atoms with Gasteiger partial charge in [0.25, 0.3) is 5.91 Å². The molecule has 0 bridgehead atoms. The molecule has 1 aromatic heterocycles. The highest BCUT2D eigenvalue weighted by molar-refractivity contribution is 5.97. The molecule has 1 amide bonds. The average molecular weight is 421 g/mol. The number of hydrogen-bond acceptors (Lipinski definition) is 5. The molecule has 8 nitrogen and oxygen atoms in total. The number of hydrogen-bond donors (Lipinski definition) is 4. The maximum Gasteiger partial charge on any atom is 0.332 e. The largest absolute Gasteiger partial charge is 0.479 e. The van der Waals surface area contributed by atoms with Crippen LogP contribution in [0.3, 0.4) is 0 Å². The summed E-state index contributed by atoms with van der Waals surface area (Å²) in [5.74, 6) is -2.19. The number of carbonyl (C=O) groups is 3. The molecule has 0 saturated heterocycles. The van der Waals surface area contributed by atoms with Gasteiger partial charge in [-0.25, -0.2) is 4.79 Å². The van der Waals surface area contributed by atoms with Crippen molar-refractivity contribution < 1.29 is 24.6 Å². The Morgan fingerprint density at radius 1 is 1.03 bits per heavy atom. The Labute approximate surface area is 178 Å². The zero-order valence-electron chi connectivity index (χ0n) is 16.9. The van der Waals surface area contributed by atoms with Gasteiger partial charge in [0.1, 0.15) is 11.4 Å². The number of aliphatic hydroxyl groups is 1. The molecule has 8 heteroatoms. The summed E-state index contributed by atoms with van der Waals surface area (Å²) >= 11 is 0. The predicted molar refractivity (Wildman–Crippen MR) is 114 cm³/mol. The van der Waals surface area contributed by atoms with E-state index in [9.17, 15) is 19.5 Å². The molecular weight excluding hydrogens is 398 g/mol. The number of nitrogens with one attached hydrogen (secondary N) is 2. The average Bonchev–Trinajstić information content (AvgIpc) is 3.25. The molecule has 0 fully saturated rings. The summed E-state index contributed by atoms with van der Waals surface area (Å²) in [6.45, 7) is 1.34. The lowest BCUT2D eigenvalue weighted by molar-refractivity contribution is -0.147. The summed E-state index contributed by atoms with van der Waals surface area (Å²) in [5, 5.41) is 27.9. The van der Waals surface area contributed by atoms with Crippen molar-refractivity contribution in [1.82, 2.24) is 15.5 Å². The van der Waals surface area contributed by atoms with Crippen LogP contribution in [0.2, 0.25) is 0 Å². The normalized spacial score (nSPS) is 12.7. The Hall–Kier alpha value is -3.78. The molecule has 2 atom stereocenters. The first-order valence-electron chi connectivity index (χ1n) is 9.76. The molecule has 31 heavy (non-hydrogen) atoms. The maximum atomic E-state index is 12.5. The zero-order chi connectivity index (χ0) is 22.4. The molecule has 0 spiro atoms. The van der Waals surface area contributed by atoms with E-state index >= 15 is 0 Å². The highest BCUT2D eigenvalue weighted by Gasteiger charge is 2.23. The summed E-state index contributed by atoms with van der Waals surface area (Å²) < 4.78 is 0. The summed E-state index contributed by atoms with van der Waals surface area (Å²) in [7, 11) is 0. The van der Waals surface area contributed by atoms with Gasteiger partial charge in [0.15, 0.2) is 11.9 Å². The van der Waals surface area contributed by atoms with Crippen LogP contribution in [0.1, 0.15) is 39.9 Å². The molecule has 0 saturated carbocycles. The zero-order valence-corrected chi connectivity index (χ0v) is 16.9. The lowest BCUT2D eigenvalue weighted by atomic mass is 9.97. The number of aliphatic carboxylic acids is 1. The van der Waals surface area contributed by atoms with Gasteiger partial charge in [0, 0.05) is 19.4 Å². The second-order valence-corrected chi connectivity index (χ2v) is 7.25. The van der Waals surface area contributed by atoms with E-state index in [2.05, 4.69) is 15.5 Å². The first kappa shape index (κ1) is 21.9. The van der Waals surface area contributed by atoms with E-state index in [1.807, 2.05) is 54.6 Å². The molecule has 0 aliphatic heterocycles.